The number of aromatic nitrogens is 4. The highest BCUT2D eigenvalue weighted by Gasteiger charge is 2.60. The van der Waals surface area contributed by atoms with Crippen molar-refractivity contribution >= 4 is 17.4 Å². The maximum Gasteiger partial charge on any atom is 0.408 e. The Morgan fingerprint density at radius 2 is 1.94 bits per heavy atom. The van der Waals surface area contributed by atoms with Crippen molar-refractivity contribution in [2.24, 2.45) is 17.3 Å². The molecule has 4 aliphatic carbocycles. The van der Waals surface area contributed by atoms with Crippen LogP contribution in [0.4, 0.5) is 5.82 Å². The van der Waals surface area contributed by atoms with Gasteiger partial charge in [-0.25, -0.2) is 0 Å². The number of halogens is 1. The molecule has 166 valence electrons. The quantitative estimate of drug-likeness (QED) is 0.381. The summed E-state index contributed by atoms with van der Waals surface area (Å²) < 4.78 is 7.57. The van der Waals surface area contributed by atoms with Crippen molar-refractivity contribution in [2.75, 3.05) is 0 Å². The van der Waals surface area contributed by atoms with Crippen molar-refractivity contribution in [3.63, 3.8) is 0 Å². The standard InChI is InChI=1S/C23H24ClN5O3/c1-14-19(24)21(29(30)31)26-28(14)23-10-15-7-16(11-23)9-22(8-15,13-23)12-18-25-20(27-32-18)17-5-3-2-4-6-17/h2-6,15-16H,7-13H2,1H3. The minimum Gasteiger partial charge on any atom is -0.358 e. The molecule has 0 spiro atoms. The Kier molecular flexibility index (Phi) is 4.28. The van der Waals surface area contributed by atoms with Crippen molar-refractivity contribution in [3.8, 4) is 11.4 Å². The second kappa shape index (κ2) is 6.88. The lowest BCUT2D eigenvalue weighted by molar-refractivity contribution is -0.389. The number of nitro groups is 1. The van der Waals surface area contributed by atoms with Crippen LogP contribution >= 0.6 is 11.6 Å². The van der Waals surface area contributed by atoms with Gasteiger partial charge in [0.1, 0.15) is 0 Å². The Hall–Kier alpha value is -2.74. The summed E-state index contributed by atoms with van der Waals surface area (Å²) in [6, 6.07) is 9.85. The van der Waals surface area contributed by atoms with E-state index >= 15 is 0 Å². The van der Waals surface area contributed by atoms with E-state index in [1.54, 1.807) is 0 Å². The topological polar surface area (TPSA) is 99.9 Å². The van der Waals surface area contributed by atoms with Crippen LogP contribution in [0.25, 0.3) is 11.4 Å². The van der Waals surface area contributed by atoms with Gasteiger partial charge >= 0.3 is 5.82 Å². The average Bonchev–Trinajstić information content (AvgIpc) is 3.32. The van der Waals surface area contributed by atoms with Crippen LogP contribution in [0.2, 0.25) is 5.02 Å². The van der Waals surface area contributed by atoms with Gasteiger partial charge in [0.05, 0.1) is 16.3 Å². The second-order valence-corrected chi connectivity index (χ2v) is 10.5. The zero-order valence-corrected chi connectivity index (χ0v) is 18.6. The van der Waals surface area contributed by atoms with Crippen molar-refractivity contribution in [1.29, 1.82) is 0 Å². The van der Waals surface area contributed by atoms with Gasteiger partial charge in [-0.05, 0) is 67.6 Å². The van der Waals surface area contributed by atoms with Crippen LogP contribution in [0.3, 0.4) is 0 Å². The lowest BCUT2D eigenvalue weighted by Gasteiger charge is -2.61. The highest BCUT2D eigenvalue weighted by atomic mass is 35.5. The average molecular weight is 454 g/mol. The fourth-order valence-electron chi connectivity index (χ4n) is 7.26. The molecule has 0 radical (unpaired) electrons. The molecular weight excluding hydrogens is 430 g/mol. The highest BCUT2D eigenvalue weighted by molar-refractivity contribution is 6.33. The molecule has 4 saturated carbocycles. The van der Waals surface area contributed by atoms with Gasteiger partial charge in [-0.2, -0.15) is 9.67 Å². The first-order valence-electron chi connectivity index (χ1n) is 11.1. The van der Waals surface area contributed by atoms with Crippen LogP contribution in [0.15, 0.2) is 34.9 Å². The predicted molar refractivity (Wildman–Crippen MR) is 117 cm³/mol. The molecule has 4 fully saturated rings. The first-order chi connectivity index (χ1) is 15.4. The van der Waals surface area contributed by atoms with Crippen molar-refractivity contribution in [2.45, 2.75) is 57.4 Å². The highest BCUT2D eigenvalue weighted by Crippen LogP contribution is 2.65. The van der Waals surface area contributed by atoms with E-state index in [1.807, 2.05) is 41.9 Å². The van der Waals surface area contributed by atoms with Crippen LogP contribution in [0.5, 0.6) is 0 Å². The van der Waals surface area contributed by atoms with Gasteiger partial charge in [-0.15, -0.1) is 0 Å². The second-order valence-electron chi connectivity index (χ2n) is 10.1. The molecule has 8 nitrogen and oxygen atoms in total. The molecule has 0 N–H and O–H groups in total. The minimum atomic E-state index is -0.480. The molecular formula is C23H24ClN5O3. The molecule has 4 bridgehead atoms. The summed E-state index contributed by atoms with van der Waals surface area (Å²) in [4.78, 5) is 15.7. The van der Waals surface area contributed by atoms with E-state index in [0.717, 1.165) is 44.1 Å². The zero-order chi connectivity index (χ0) is 22.1. The zero-order valence-electron chi connectivity index (χ0n) is 17.8. The fraction of sp³-hybridized carbons (Fsp3) is 0.522. The Bertz CT molecular complexity index is 1190. The molecule has 0 amide bonds. The first kappa shape index (κ1) is 19.9. The molecule has 4 aliphatic rings. The summed E-state index contributed by atoms with van der Waals surface area (Å²) in [6.07, 6.45) is 7.12. The smallest absolute Gasteiger partial charge is 0.358 e. The van der Waals surface area contributed by atoms with Gasteiger partial charge in [0.25, 0.3) is 0 Å². The summed E-state index contributed by atoms with van der Waals surface area (Å²) in [7, 11) is 0. The van der Waals surface area contributed by atoms with E-state index in [1.165, 1.54) is 6.42 Å². The molecule has 2 atom stereocenters. The molecule has 1 aromatic carbocycles. The number of rotatable bonds is 5. The predicted octanol–water partition coefficient (Wildman–Crippen LogP) is 5.34. The lowest BCUT2D eigenvalue weighted by atomic mass is 9.46. The Morgan fingerprint density at radius 1 is 1.22 bits per heavy atom. The maximum atomic E-state index is 11.5. The number of nitrogens with zero attached hydrogens (tertiary/aromatic N) is 5. The molecule has 2 unspecified atom stereocenters. The largest absolute Gasteiger partial charge is 0.408 e. The van der Waals surface area contributed by atoms with Gasteiger partial charge in [-0.1, -0.05) is 47.1 Å². The minimum absolute atomic E-state index is 0.0459. The van der Waals surface area contributed by atoms with Gasteiger partial charge in [-0.3, -0.25) is 0 Å². The first-order valence-corrected chi connectivity index (χ1v) is 11.5. The van der Waals surface area contributed by atoms with Gasteiger partial charge in [0.2, 0.25) is 11.7 Å². The maximum absolute atomic E-state index is 11.5. The van der Waals surface area contributed by atoms with Crippen LogP contribution in [-0.4, -0.2) is 24.8 Å². The molecule has 0 aliphatic heterocycles. The summed E-state index contributed by atoms with van der Waals surface area (Å²) in [5.41, 5.74) is 1.46. The molecule has 32 heavy (non-hydrogen) atoms. The monoisotopic (exact) mass is 453 g/mol. The van der Waals surface area contributed by atoms with Crippen LogP contribution < -0.4 is 0 Å². The van der Waals surface area contributed by atoms with Crippen LogP contribution in [0, 0.1) is 34.3 Å². The fourth-order valence-corrected chi connectivity index (χ4v) is 7.44. The summed E-state index contributed by atoms with van der Waals surface area (Å²) in [5, 5.41) is 20.2. The molecule has 2 aromatic heterocycles. The van der Waals surface area contributed by atoms with Crippen molar-refractivity contribution < 1.29 is 9.45 Å². The molecule has 0 saturated heterocycles. The van der Waals surface area contributed by atoms with Crippen LogP contribution in [0.1, 0.15) is 50.1 Å². The van der Waals surface area contributed by atoms with Gasteiger partial charge in [0.15, 0.2) is 5.02 Å². The Balaban J connectivity index is 1.34. The summed E-state index contributed by atoms with van der Waals surface area (Å²) >= 11 is 6.32. The van der Waals surface area contributed by atoms with Gasteiger partial charge in [0, 0.05) is 12.0 Å². The third-order valence-electron chi connectivity index (χ3n) is 7.83. The third kappa shape index (κ3) is 2.99. The van der Waals surface area contributed by atoms with E-state index in [2.05, 4.69) is 10.3 Å². The number of benzene rings is 1. The van der Waals surface area contributed by atoms with E-state index in [-0.39, 0.29) is 21.8 Å². The Labute approximate surface area is 190 Å². The summed E-state index contributed by atoms with van der Waals surface area (Å²) in [6.45, 7) is 1.84. The third-order valence-corrected chi connectivity index (χ3v) is 8.27. The summed E-state index contributed by atoms with van der Waals surface area (Å²) in [5.74, 6) is 2.20. The van der Waals surface area contributed by atoms with E-state index in [0.29, 0.717) is 29.2 Å². The molecule has 7 rings (SSSR count). The Morgan fingerprint density at radius 3 is 2.59 bits per heavy atom. The van der Waals surface area contributed by atoms with E-state index < -0.39 is 4.92 Å². The van der Waals surface area contributed by atoms with Crippen molar-refractivity contribution in [1.82, 2.24) is 19.9 Å². The molecule has 9 heteroatoms. The number of hydrogen-bond acceptors (Lipinski definition) is 6. The van der Waals surface area contributed by atoms with E-state index in [4.69, 9.17) is 21.1 Å². The van der Waals surface area contributed by atoms with Crippen LogP contribution in [-0.2, 0) is 12.0 Å². The van der Waals surface area contributed by atoms with E-state index in [9.17, 15) is 10.1 Å². The molecule has 3 aromatic rings. The molecule has 2 heterocycles. The number of hydrogen-bond donors (Lipinski definition) is 0. The van der Waals surface area contributed by atoms with Gasteiger partial charge < -0.3 is 14.6 Å². The normalized spacial score (nSPS) is 30.7. The van der Waals surface area contributed by atoms with Crippen molar-refractivity contribution in [3.05, 3.63) is 57.1 Å². The lowest BCUT2D eigenvalue weighted by Crippen LogP contribution is -2.57. The SMILES string of the molecule is Cc1c(Cl)c([N+](=O)[O-])nn1C12CC3CC(CC(Cc4nc(-c5ccccc5)no4)(C3)C1)C2.